The molecule has 0 saturated heterocycles. The standard InChI is InChI=1S/C27H39F3/c1-2-3-4-5-6-7-20-10-14-23(15-11-20)24-16-12-21(13-17-24)8-9-22-18-25(28)27(30)26(29)19-22/h2-3,18-21,23-24H,4-17H2,1H3/b3-2+/t20-,21-,23-,24-. The maximum absolute atomic E-state index is 13.4. The van der Waals surface area contributed by atoms with E-state index >= 15 is 0 Å². The van der Waals surface area contributed by atoms with Gasteiger partial charge in [-0.3, -0.25) is 0 Å². The lowest BCUT2D eigenvalue weighted by molar-refractivity contribution is 0.140. The van der Waals surface area contributed by atoms with Gasteiger partial charge in [-0.2, -0.15) is 0 Å². The molecule has 2 aliphatic carbocycles. The van der Waals surface area contributed by atoms with Crippen LogP contribution in [0.4, 0.5) is 13.2 Å². The van der Waals surface area contributed by atoms with Gasteiger partial charge in [-0.15, -0.1) is 0 Å². The first-order valence-electron chi connectivity index (χ1n) is 12.3. The zero-order valence-electron chi connectivity index (χ0n) is 18.7. The molecular formula is C27H39F3. The van der Waals surface area contributed by atoms with Gasteiger partial charge >= 0.3 is 0 Å². The Morgan fingerprint density at radius 1 is 0.767 bits per heavy atom. The molecule has 1 aromatic rings. The molecule has 0 atom stereocenters. The molecule has 1 aromatic carbocycles. The lowest BCUT2D eigenvalue weighted by atomic mass is 9.68. The fourth-order valence-electron chi connectivity index (χ4n) is 5.88. The molecule has 0 nitrogen and oxygen atoms in total. The van der Waals surface area contributed by atoms with Crippen LogP contribution >= 0.6 is 0 Å². The van der Waals surface area contributed by atoms with E-state index in [4.69, 9.17) is 0 Å². The smallest absolute Gasteiger partial charge is 0.194 e. The fourth-order valence-corrected chi connectivity index (χ4v) is 5.88. The Balaban J connectivity index is 1.32. The summed E-state index contributed by atoms with van der Waals surface area (Å²) in [5.74, 6) is -0.0828. The molecule has 0 amide bonds. The van der Waals surface area contributed by atoms with E-state index in [9.17, 15) is 13.2 Å². The lowest BCUT2D eigenvalue weighted by Gasteiger charge is -2.38. The summed E-state index contributed by atoms with van der Waals surface area (Å²) in [6.45, 7) is 2.10. The van der Waals surface area contributed by atoms with Gasteiger partial charge in [-0.05, 0) is 99.7 Å². The van der Waals surface area contributed by atoms with Gasteiger partial charge in [0.05, 0.1) is 0 Å². The van der Waals surface area contributed by atoms with Gasteiger partial charge in [-0.25, -0.2) is 13.2 Å². The number of unbranched alkanes of at least 4 members (excludes halogenated alkanes) is 2. The Bertz CT molecular complexity index is 642. The second kappa shape index (κ2) is 12.0. The first-order chi connectivity index (χ1) is 14.6. The predicted molar refractivity (Wildman–Crippen MR) is 119 cm³/mol. The molecule has 0 unspecified atom stereocenters. The van der Waals surface area contributed by atoms with Gasteiger partial charge in [0.2, 0.25) is 0 Å². The summed E-state index contributed by atoms with van der Waals surface area (Å²) in [6, 6.07) is 2.31. The molecule has 3 rings (SSSR count). The summed E-state index contributed by atoms with van der Waals surface area (Å²) in [4.78, 5) is 0. The number of aryl methyl sites for hydroxylation is 1. The highest BCUT2D eigenvalue weighted by atomic mass is 19.2. The van der Waals surface area contributed by atoms with E-state index in [1.807, 2.05) is 0 Å². The number of hydrogen-bond donors (Lipinski definition) is 0. The van der Waals surface area contributed by atoms with Crippen LogP contribution in [0.1, 0.15) is 96.0 Å². The minimum absolute atomic E-state index is 0.581. The van der Waals surface area contributed by atoms with E-state index in [1.165, 1.54) is 77.0 Å². The second-order valence-electron chi connectivity index (χ2n) is 9.83. The molecule has 0 heterocycles. The van der Waals surface area contributed by atoms with Crippen molar-refractivity contribution < 1.29 is 13.2 Å². The van der Waals surface area contributed by atoms with Crippen LogP contribution in [0.3, 0.4) is 0 Å². The maximum atomic E-state index is 13.4. The van der Waals surface area contributed by atoms with Crippen LogP contribution in [0, 0.1) is 41.1 Å². The number of halogens is 3. The summed E-state index contributed by atoms with van der Waals surface area (Å²) in [7, 11) is 0. The average molecular weight is 421 g/mol. The first kappa shape index (κ1) is 23.4. The van der Waals surface area contributed by atoms with E-state index < -0.39 is 17.5 Å². The zero-order chi connectivity index (χ0) is 21.3. The van der Waals surface area contributed by atoms with Crippen molar-refractivity contribution in [2.45, 2.75) is 96.8 Å². The Kier molecular flexibility index (Phi) is 9.33. The van der Waals surface area contributed by atoms with Gasteiger partial charge in [-0.1, -0.05) is 50.7 Å². The Hall–Kier alpha value is -1.25. The van der Waals surface area contributed by atoms with E-state index in [1.54, 1.807) is 0 Å². The number of hydrogen-bond acceptors (Lipinski definition) is 0. The quantitative estimate of drug-likeness (QED) is 0.213. The molecule has 2 saturated carbocycles. The van der Waals surface area contributed by atoms with Crippen molar-refractivity contribution in [3.8, 4) is 0 Å². The summed E-state index contributed by atoms with van der Waals surface area (Å²) in [6.07, 6.45) is 22.2. The van der Waals surface area contributed by atoms with Crippen molar-refractivity contribution >= 4 is 0 Å². The zero-order valence-corrected chi connectivity index (χ0v) is 18.7. The van der Waals surface area contributed by atoms with E-state index in [-0.39, 0.29) is 0 Å². The fraction of sp³-hybridized carbons (Fsp3) is 0.704. The molecule has 168 valence electrons. The highest BCUT2D eigenvalue weighted by Gasteiger charge is 2.30. The Labute approximate surface area is 181 Å². The Morgan fingerprint density at radius 2 is 1.30 bits per heavy atom. The van der Waals surface area contributed by atoms with E-state index in [0.717, 1.165) is 36.3 Å². The van der Waals surface area contributed by atoms with Crippen LogP contribution in [0.15, 0.2) is 24.3 Å². The molecular weight excluding hydrogens is 381 g/mol. The molecule has 0 aliphatic heterocycles. The van der Waals surface area contributed by atoms with Crippen molar-refractivity contribution in [1.82, 2.24) is 0 Å². The molecule has 2 fully saturated rings. The van der Waals surface area contributed by atoms with Gasteiger partial charge in [0, 0.05) is 0 Å². The summed E-state index contributed by atoms with van der Waals surface area (Å²) in [5, 5.41) is 0. The molecule has 3 heteroatoms. The van der Waals surface area contributed by atoms with Crippen molar-refractivity contribution in [2.75, 3.05) is 0 Å². The lowest BCUT2D eigenvalue weighted by Crippen LogP contribution is -2.26. The third kappa shape index (κ3) is 6.89. The van der Waals surface area contributed by atoms with E-state index in [0.29, 0.717) is 17.9 Å². The molecule has 30 heavy (non-hydrogen) atoms. The SMILES string of the molecule is C/C=C/CCCC[C@H]1CC[C@H]([C@H]2CC[C@H](CCc3cc(F)c(F)c(F)c3)CC2)CC1. The number of benzene rings is 1. The number of allylic oxidation sites excluding steroid dienone is 2. The van der Waals surface area contributed by atoms with Crippen molar-refractivity contribution in [3.63, 3.8) is 0 Å². The van der Waals surface area contributed by atoms with Crippen LogP contribution in [0.25, 0.3) is 0 Å². The molecule has 0 bridgehead atoms. The minimum Gasteiger partial charge on any atom is -0.204 e. The van der Waals surface area contributed by atoms with Crippen LogP contribution in [-0.4, -0.2) is 0 Å². The van der Waals surface area contributed by atoms with Gasteiger partial charge in [0.25, 0.3) is 0 Å². The largest absolute Gasteiger partial charge is 0.204 e. The second-order valence-corrected chi connectivity index (χ2v) is 9.83. The van der Waals surface area contributed by atoms with Gasteiger partial charge < -0.3 is 0 Å². The topological polar surface area (TPSA) is 0 Å². The monoisotopic (exact) mass is 420 g/mol. The third-order valence-electron chi connectivity index (χ3n) is 7.80. The predicted octanol–water partition coefficient (Wildman–Crippen LogP) is 8.79. The normalized spacial score (nSPS) is 27.6. The molecule has 0 radical (unpaired) electrons. The van der Waals surface area contributed by atoms with Gasteiger partial charge in [0.15, 0.2) is 17.5 Å². The van der Waals surface area contributed by atoms with E-state index in [2.05, 4.69) is 19.1 Å². The van der Waals surface area contributed by atoms with Gasteiger partial charge in [0.1, 0.15) is 0 Å². The van der Waals surface area contributed by atoms with Crippen LogP contribution < -0.4 is 0 Å². The highest BCUT2D eigenvalue weighted by molar-refractivity contribution is 5.19. The Morgan fingerprint density at radius 3 is 1.83 bits per heavy atom. The molecule has 0 N–H and O–H groups in total. The highest BCUT2D eigenvalue weighted by Crippen LogP contribution is 2.43. The van der Waals surface area contributed by atoms with Crippen molar-refractivity contribution in [3.05, 3.63) is 47.3 Å². The first-order valence-corrected chi connectivity index (χ1v) is 12.3. The van der Waals surface area contributed by atoms with Crippen molar-refractivity contribution in [2.24, 2.45) is 23.7 Å². The molecule has 2 aliphatic rings. The third-order valence-corrected chi connectivity index (χ3v) is 7.80. The maximum Gasteiger partial charge on any atom is 0.194 e. The van der Waals surface area contributed by atoms with Crippen LogP contribution in [-0.2, 0) is 6.42 Å². The minimum atomic E-state index is -1.36. The summed E-state index contributed by atoms with van der Waals surface area (Å²) in [5.41, 5.74) is 0.581. The molecule has 0 aromatic heterocycles. The van der Waals surface area contributed by atoms with Crippen molar-refractivity contribution in [1.29, 1.82) is 0 Å². The van der Waals surface area contributed by atoms with Crippen LogP contribution in [0.5, 0.6) is 0 Å². The summed E-state index contributed by atoms with van der Waals surface area (Å²) < 4.78 is 39.9. The van der Waals surface area contributed by atoms with Crippen LogP contribution in [0.2, 0.25) is 0 Å². The molecule has 0 spiro atoms. The number of rotatable bonds is 9. The average Bonchev–Trinajstić information content (AvgIpc) is 2.76. The summed E-state index contributed by atoms with van der Waals surface area (Å²) >= 11 is 0.